The Morgan fingerprint density at radius 2 is 2.33 bits per heavy atom. The van der Waals surface area contributed by atoms with Crippen LogP contribution in [0, 0.1) is 0 Å². The Labute approximate surface area is 87.9 Å². The first-order chi connectivity index (χ1) is 7.06. The molecular formula is C9H16N2O4. The first-order valence-corrected chi connectivity index (χ1v) is 4.96. The fraction of sp³-hybridized carbons (Fsp3) is 0.889. The van der Waals surface area contributed by atoms with Crippen molar-refractivity contribution in [1.82, 2.24) is 4.90 Å². The molecule has 2 rings (SSSR count). The molecule has 6 nitrogen and oxygen atoms in total. The van der Waals surface area contributed by atoms with Crippen LogP contribution in [0.5, 0.6) is 0 Å². The molecule has 1 saturated heterocycles. The normalized spacial score (nSPS) is 45.2. The highest BCUT2D eigenvalue weighted by Crippen LogP contribution is 2.32. The first-order valence-electron chi connectivity index (χ1n) is 4.96. The third-order valence-electron chi connectivity index (χ3n) is 3.27. The lowest BCUT2D eigenvalue weighted by Crippen LogP contribution is -2.60. The molecule has 0 bridgehead atoms. The van der Waals surface area contributed by atoms with E-state index in [2.05, 4.69) is 0 Å². The summed E-state index contributed by atoms with van der Waals surface area (Å²) in [5, 5.41) is 9.81. The number of aliphatic hydroxyl groups is 1. The van der Waals surface area contributed by atoms with Crippen LogP contribution in [0.25, 0.3) is 0 Å². The summed E-state index contributed by atoms with van der Waals surface area (Å²) in [5.74, 6) is 0. The molecule has 1 amide bonds. The predicted octanol–water partition coefficient (Wildman–Crippen LogP) is -1.09. The number of aliphatic hydroxyl groups excluding tert-OH is 1. The standard InChI is InChI=1S/C9H16N2O4/c1-11-6-5(14-2)3-4(10)7(12)8(6)15-9(11)13/h4-8,12H,3,10H2,1-2H3/t4-,5-,6+,7+,8+/m1/s1. The Bertz CT molecular complexity index is 273. The molecule has 0 aromatic heterocycles. The van der Waals surface area contributed by atoms with E-state index < -0.39 is 24.3 Å². The van der Waals surface area contributed by atoms with Gasteiger partial charge in [0.15, 0.2) is 6.10 Å². The summed E-state index contributed by atoms with van der Waals surface area (Å²) < 4.78 is 10.3. The van der Waals surface area contributed by atoms with Crippen LogP contribution in [0.3, 0.4) is 0 Å². The van der Waals surface area contributed by atoms with E-state index in [0.717, 1.165) is 0 Å². The number of nitrogens with zero attached hydrogens (tertiary/aromatic N) is 1. The number of carbonyl (C=O) groups excluding carboxylic acids is 1. The van der Waals surface area contributed by atoms with E-state index in [1.54, 1.807) is 14.2 Å². The van der Waals surface area contributed by atoms with Gasteiger partial charge in [-0.2, -0.15) is 0 Å². The molecule has 5 atom stereocenters. The number of hydrogen-bond acceptors (Lipinski definition) is 5. The van der Waals surface area contributed by atoms with E-state index in [1.165, 1.54) is 4.90 Å². The van der Waals surface area contributed by atoms with E-state index in [-0.39, 0.29) is 12.1 Å². The fourth-order valence-corrected chi connectivity index (χ4v) is 2.37. The average Bonchev–Trinajstić information content (AvgIpc) is 2.50. The van der Waals surface area contributed by atoms with Crippen molar-refractivity contribution >= 4 is 6.09 Å². The Hall–Kier alpha value is -0.850. The van der Waals surface area contributed by atoms with E-state index in [9.17, 15) is 9.90 Å². The van der Waals surface area contributed by atoms with Gasteiger partial charge in [0.05, 0.1) is 6.10 Å². The van der Waals surface area contributed by atoms with E-state index in [1.807, 2.05) is 0 Å². The van der Waals surface area contributed by atoms with Gasteiger partial charge >= 0.3 is 6.09 Å². The Balaban J connectivity index is 2.24. The summed E-state index contributed by atoms with van der Waals surface area (Å²) in [6, 6.07) is -0.646. The molecule has 1 aliphatic carbocycles. The van der Waals surface area contributed by atoms with Gasteiger partial charge in [0.2, 0.25) is 0 Å². The van der Waals surface area contributed by atoms with Gasteiger partial charge in [-0.15, -0.1) is 0 Å². The number of fused-ring (bicyclic) bond motifs is 1. The molecule has 15 heavy (non-hydrogen) atoms. The third kappa shape index (κ3) is 1.49. The maximum atomic E-state index is 11.4. The lowest BCUT2D eigenvalue weighted by molar-refractivity contribution is -0.0776. The number of carbonyl (C=O) groups is 1. The molecule has 0 aromatic carbocycles. The molecule has 0 radical (unpaired) electrons. The second kappa shape index (κ2) is 3.62. The lowest BCUT2D eigenvalue weighted by Gasteiger charge is -2.39. The number of nitrogens with two attached hydrogens (primary N) is 1. The molecule has 1 saturated carbocycles. The zero-order valence-corrected chi connectivity index (χ0v) is 8.79. The monoisotopic (exact) mass is 216 g/mol. The summed E-state index contributed by atoms with van der Waals surface area (Å²) in [6.45, 7) is 0. The van der Waals surface area contributed by atoms with Crippen molar-refractivity contribution in [2.45, 2.75) is 36.8 Å². The summed E-state index contributed by atoms with van der Waals surface area (Å²) in [7, 11) is 3.21. The summed E-state index contributed by atoms with van der Waals surface area (Å²) in [5.41, 5.74) is 5.75. The zero-order valence-electron chi connectivity index (χ0n) is 8.79. The lowest BCUT2D eigenvalue weighted by atomic mass is 9.84. The van der Waals surface area contributed by atoms with Crippen molar-refractivity contribution in [3.63, 3.8) is 0 Å². The smallest absolute Gasteiger partial charge is 0.410 e. The van der Waals surface area contributed by atoms with Crippen molar-refractivity contribution in [3.8, 4) is 0 Å². The summed E-state index contributed by atoms with van der Waals surface area (Å²) in [6.07, 6.45) is -1.46. The highest BCUT2D eigenvalue weighted by molar-refractivity contribution is 5.70. The van der Waals surface area contributed by atoms with Gasteiger partial charge in [0.1, 0.15) is 12.1 Å². The minimum atomic E-state index is -0.810. The number of rotatable bonds is 1. The van der Waals surface area contributed by atoms with Gasteiger partial charge < -0.3 is 25.2 Å². The highest BCUT2D eigenvalue weighted by atomic mass is 16.6. The minimum absolute atomic E-state index is 0.176. The van der Waals surface area contributed by atoms with Gasteiger partial charge in [-0.25, -0.2) is 4.79 Å². The molecular weight excluding hydrogens is 200 g/mol. The van der Waals surface area contributed by atoms with Gasteiger partial charge in [-0.05, 0) is 6.42 Å². The van der Waals surface area contributed by atoms with Gasteiger partial charge in [-0.3, -0.25) is 0 Å². The quantitative estimate of drug-likeness (QED) is 0.582. The number of likely N-dealkylation sites (N-methyl/N-ethyl adjacent to an activating group) is 1. The molecule has 86 valence electrons. The Morgan fingerprint density at radius 1 is 1.67 bits per heavy atom. The highest BCUT2D eigenvalue weighted by Gasteiger charge is 2.53. The second-order valence-electron chi connectivity index (χ2n) is 4.11. The molecule has 6 heteroatoms. The largest absolute Gasteiger partial charge is 0.441 e. The number of hydrogen-bond donors (Lipinski definition) is 2. The maximum absolute atomic E-state index is 11.4. The third-order valence-corrected chi connectivity index (χ3v) is 3.27. The van der Waals surface area contributed by atoms with Crippen molar-refractivity contribution in [3.05, 3.63) is 0 Å². The van der Waals surface area contributed by atoms with Crippen LogP contribution in [-0.4, -0.2) is 60.7 Å². The first kappa shape index (κ1) is 10.7. The topological polar surface area (TPSA) is 85.0 Å². The summed E-state index contributed by atoms with van der Waals surface area (Å²) in [4.78, 5) is 12.8. The average molecular weight is 216 g/mol. The molecule has 0 spiro atoms. The minimum Gasteiger partial charge on any atom is -0.441 e. The number of ether oxygens (including phenoxy) is 2. The van der Waals surface area contributed by atoms with Gasteiger partial charge in [-0.1, -0.05) is 0 Å². The molecule has 2 aliphatic rings. The van der Waals surface area contributed by atoms with Crippen molar-refractivity contribution < 1.29 is 19.4 Å². The van der Waals surface area contributed by atoms with Crippen LogP contribution >= 0.6 is 0 Å². The molecule has 1 heterocycles. The van der Waals surface area contributed by atoms with E-state index in [0.29, 0.717) is 6.42 Å². The second-order valence-corrected chi connectivity index (χ2v) is 4.11. The van der Waals surface area contributed by atoms with Crippen LogP contribution in [0.1, 0.15) is 6.42 Å². The fourth-order valence-electron chi connectivity index (χ4n) is 2.37. The van der Waals surface area contributed by atoms with Crippen molar-refractivity contribution in [1.29, 1.82) is 0 Å². The van der Waals surface area contributed by atoms with Crippen LogP contribution < -0.4 is 5.73 Å². The summed E-state index contributed by atoms with van der Waals surface area (Å²) >= 11 is 0. The van der Waals surface area contributed by atoms with Gasteiger partial charge in [0, 0.05) is 20.2 Å². The molecule has 0 unspecified atom stereocenters. The zero-order chi connectivity index (χ0) is 11.2. The Morgan fingerprint density at radius 3 is 2.93 bits per heavy atom. The van der Waals surface area contributed by atoms with E-state index in [4.69, 9.17) is 15.2 Å². The van der Waals surface area contributed by atoms with Gasteiger partial charge in [0.25, 0.3) is 0 Å². The molecule has 0 aromatic rings. The van der Waals surface area contributed by atoms with Crippen molar-refractivity contribution in [2.24, 2.45) is 5.73 Å². The van der Waals surface area contributed by atoms with Crippen LogP contribution in [-0.2, 0) is 9.47 Å². The van der Waals surface area contributed by atoms with Crippen molar-refractivity contribution in [2.75, 3.05) is 14.2 Å². The Kier molecular flexibility index (Phi) is 2.57. The van der Waals surface area contributed by atoms with Crippen LogP contribution in [0.2, 0.25) is 0 Å². The predicted molar refractivity (Wildman–Crippen MR) is 51.2 cm³/mol. The van der Waals surface area contributed by atoms with E-state index >= 15 is 0 Å². The van der Waals surface area contributed by atoms with Crippen LogP contribution in [0.15, 0.2) is 0 Å². The SMILES string of the molecule is CO[C@@H]1C[C@@H](N)[C@H](O)[C@H]2OC(=O)N(C)[C@H]21. The molecule has 3 N–H and O–H groups in total. The molecule has 1 aliphatic heterocycles. The van der Waals surface area contributed by atoms with Crippen LogP contribution in [0.4, 0.5) is 4.79 Å². The molecule has 2 fully saturated rings. The number of methoxy groups -OCH3 is 1. The maximum Gasteiger partial charge on any atom is 0.410 e. The number of amides is 1.